The highest BCUT2D eigenvalue weighted by molar-refractivity contribution is 14.2. The minimum Gasteiger partial charge on any atom is -0.338 e. The zero-order valence-electron chi connectivity index (χ0n) is 13.6. The van der Waals surface area contributed by atoms with Crippen molar-refractivity contribution in [3.05, 3.63) is 82.0 Å². The van der Waals surface area contributed by atoms with Gasteiger partial charge in [0.15, 0.2) is 0 Å². The van der Waals surface area contributed by atoms with Crippen molar-refractivity contribution in [2.24, 2.45) is 0 Å². The summed E-state index contributed by atoms with van der Waals surface area (Å²) in [6.07, 6.45) is 4.45. The number of allylic oxidation sites excluding steroid dienone is 2. The smallest absolute Gasteiger partial charge is 0.261 e. The Hall–Kier alpha value is -1.62. The minimum absolute atomic E-state index is 0.0416. The summed E-state index contributed by atoms with van der Waals surface area (Å²) in [6.45, 7) is 7.55. The Morgan fingerprint density at radius 1 is 1.33 bits per heavy atom. The van der Waals surface area contributed by atoms with E-state index in [-0.39, 0.29) is 27.4 Å². The van der Waals surface area contributed by atoms with Gasteiger partial charge in [-0.3, -0.25) is 4.79 Å². The Balaban J connectivity index is 2.40. The van der Waals surface area contributed by atoms with Crippen molar-refractivity contribution in [1.82, 2.24) is 9.97 Å². The van der Waals surface area contributed by atoms with Crippen molar-refractivity contribution in [3.8, 4) is 0 Å². The molecule has 0 saturated carbocycles. The van der Waals surface area contributed by atoms with Gasteiger partial charge >= 0.3 is 0 Å². The fourth-order valence-electron chi connectivity index (χ4n) is 1.91. The molecule has 140 valence electrons. The van der Waals surface area contributed by atoms with Crippen LogP contribution in [0.5, 0.6) is 0 Å². The molecule has 0 saturated heterocycles. The van der Waals surface area contributed by atoms with Gasteiger partial charge in [0.25, 0.3) is 5.91 Å². The maximum atomic E-state index is 14.0. The molecular formula is C17H12Cl2FIN4OS. The molecule has 1 aromatic heterocycles. The highest BCUT2D eigenvalue weighted by atomic mass is 127. The first kappa shape index (κ1) is 21.7. The lowest BCUT2D eigenvalue weighted by Gasteiger charge is -2.14. The number of nitrogens with one attached hydrogen (secondary N) is 2. The predicted octanol–water partition coefficient (Wildman–Crippen LogP) is 6.25. The summed E-state index contributed by atoms with van der Waals surface area (Å²) in [5.74, 6) is -1.20. The number of amides is 1. The van der Waals surface area contributed by atoms with Crippen molar-refractivity contribution in [1.29, 1.82) is 0 Å². The standard InChI is InChI=1S/C17H12Cl2FIN4OS/c1-3-5-13(9(2)27-21)23-15-10(8-22-17(19)25-15)16(26)24-14-11(18)6-4-7-12(14)20/h3-8H,1-2H2,(H,24,26)(H,22,23,25)/b13-5+. The number of halogens is 4. The third-order valence-electron chi connectivity index (χ3n) is 3.14. The van der Waals surface area contributed by atoms with Crippen LogP contribution in [0, 0.1) is 5.82 Å². The second-order valence-electron chi connectivity index (χ2n) is 4.89. The molecule has 10 heteroatoms. The number of nitrogens with zero attached hydrogens (tertiary/aromatic N) is 2. The van der Waals surface area contributed by atoms with Crippen LogP contribution >= 0.6 is 53.3 Å². The van der Waals surface area contributed by atoms with Gasteiger partial charge in [0.1, 0.15) is 17.2 Å². The number of aromatic nitrogens is 2. The van der Waals surface area contributed by atoms with Crippen LogP contribution in [-0.4, -0.2) is 15.9 Å². The van der Waals surface area contributed by atoms with Gasteiger partial charge in [-0.25, -0.2) is 9.37 Å². The SMILES string of the molecule is C=C/C=C(/Nc1nc(Cl)ncc1C(=O)Nc1c(F)cccc1Cl)C(=C)SI. The number of carbonyl (C=O) groups excluding carboxylic acids is 1. The molecule has 1 aromatic carbocycles. The number of anilines is 2. The topological polar surface area (TPSA) is 66.9 Å². The molecule has 2 N–H and O–H groups in total. The van der Waals surface area contributed by atoms with Gasteiger partial charge < -0.3 is 10.6 Å². The molecule has 0 radical (unpaired) electrons. The van der Waals surface area contributed by atoms with E-state index in [9.17, 15) is 9.18 Å². The van der Waals surface area contributed by atoms with Crippen LogP contribution in [0.3, 0.4) is 0 Å². The lowest BCUT2D eigenvalue weighted by molar-refractivity contribution is 0.102. The lowest BCUT2D eigenvalue weighted by atomic mass is 10.2. The fraction of sp³-hybridized carbons (Fsp3) is 0. The molecule has 2 rings (SSSR count). The molecule has 0 spiro atoms. The largest absolute Gasteiger partial charge is 0.338 e. The van der Waals surface area contributed by atoms with E-state index in [1.807, 2.05) is 0 Å². The van der Waals surface area contributed by atoms with Gasteiger partial charge in [-0.2, -0.15) is 4.98 Å². The second kappa shape index (κ2) is 10.1. The van der Waals surface area contributed by atoms with E-state index in [1.54, 1.807) is 12.2 Å². The Bertz CT molecular complexity index is 919. The normalized spacial score (nSPS) is 11.0. The monoisotopic (exact) mass is 536 g/mol. The molecule has 0 bridgehead atoms. The number of carbonyl (C=O) groups is 1. The number of para-hydroxylation sites is 1. The maximum Gasteiger partial charge on any atom is 0.261 e. The first-order valence-corrected chi connectivity index (χ1v) is 11.3. The van der Waals surface area contributed by atoms with Gasteiger partial charge in [0, 0.05) is 32.3 Å². The fourth-order valence-corrected chi connectivity index (χ4v) is 3.17. The van der Waals surface area contributed by atoms with Crippen molar-refractivity contribution in [2.75, 3.05) is 10.6 Å². The van der Waals surface area contributed by atoms with Gasteiger partial charge in [0.05, 0.1) is 16.4 Å². The van der Waals surface area contributed by atoms with Crippen molar-refractivity contribution in [2.45, 2.75) is 0 Å². The summed E-state index contributed by atoms with van der Waals surface area (Å²) >= 11 is 13.9. The highest BCUT2D eigenvalue weighted by Gasteiger charge is 2.19. The Morgan fingerprint density at radius 2 is 2.07 bits per heavy atom. The van der Waals surface area contributed by atoms with E-state index in [0.29, 0.717) is 10.6 Å². The molecule has 2 aromatic rings. The Morgan fingerprint density at radius 3 is 2.70 bits per heavy atom. The molecule has 0 fully saturated rings. The van der Waals surface area contributed by atoms with E-state index in [4.69, 9.17) is 23.2 Å². The summed E-state index contributed by atoms with van der Waals surface area (Å²) < 4.78 is 14.0. The van der Waals surface area contributed by atoms with Crippen LogP contribution < -0.4 is 10.6 Å². The van der Waals surface area contributed by atoms with E-state index < -0.39 is 11.7 Å². The minimum atomic E-state index is -0.665. The average molecular weight is 537 g/mol. The first-order valence-electron chi connectivity index (χ1n) is 7.23. The van der Waals surface area contributed by atoms with Crippen LogP contribution in [0.4, 0.5) is 15.9 Å². The zero-order chi connectivity index (χ0) is 20.0. The van der Waals surface area contributed by atoms with Gasteiger partial charge in [0.2, 0.25) is 5.28 Å². The van der Waals surface area contributed by atoms with Gasteiger partial charge in [-0.1, -0.05) is 45.8 Å². The Kier molecular flexibility index (Phi) is 8.08. The van der Waals surface area contributed by atoms with Crippen molar-refractivity contribution in [3.63, 3.8) is 0 Å². The molecule has 1 amide bonds. The molecule has 27 heavy (non-hydrogen) atoms. The van der Waals surface area contributed by atoms with Gasteiger partial charge in [-0.15, -0.1) is 0 Å². The number of benzene rings is 1. The maximum absolute atomic E-state index is 14.0. The van der Waals surface area contributed by atoms with E-state index in [1.165, 1.54) is 33.3 Å². The summed E-state index contributed by atoms with van der Waals surface area (Å²) in [7, 11) is 1.37. The third-order valence-corrected chi connectivity index (χ3v) is 5.63. The summed E-state index contributed by atoms with van der Waals surface area (Å²) in [6, 6.07) is 4.08. The highest BCUT2D eigenvalue weighted by Crippen LogP contribution is 2.30. The summed E-state index contributed by atoms with van der Waals surface area (Å²) in [5.41, 5.74) is 0.469. The molecule has 0 aliphatic heterocycles. The van der Waals surface area contributed by atoms with Crippen LogP contribution in [0.25, 0.3) is 0 Å². The molecular weight excluding hydrogens is 525 g/mol. The van der Waals surface area contributed by atoms with E-state index in [2.05, 4.69) is 55.0 Å². The molecule has 0 atom stereocenters. The lowest BCUT2D eigenvalue weighted by Crippen LogP contribution is -2.17. The molecule has 0 aliphatic rings. The molecule has 5 nitrogen and oxygen atoms in total. The zero-order valence-corrected chi connectivity index (χ0v) is 18.1. The van der Waals surface area contributed by atoms with E-state index >= 15 is 0 Å². The van der Waals surface area contributed by atoms with Crippen LogP contribution in [0.2, 0.25) is 10.3 Å². The second-order valence-corrected chi connectivity index (χ2v) is 7.61. The predicted molar refractivity (Wildman–Crippen MR) is 119 cm³/mol. The van der Waals surface area contributed by atoms with Crippen molar-refractivity contribution < 1.29 is 9.18 Å². The van der Waals surface area contributed by atoms with Crippen LogP contribution in [0.15, 0.2) is 60.3 Å². The molecule has 0 unspecified atom stereocenters. The molecule has 0 aliphatic carbocycles. The third kappa shape index (κ3) is 5.68. The van der Waals surface area contributed by atoms with Crippen molar-refractivity contribution >= 4 is 70.8 Å². The first-order chi connectivity index (χ1) is 12.9. The number of hydrogen-bond donors (Lipinski definition) is 2. The quantitative estimate of drug-likeness (QED) is 0.248. The van der Waals surface area contributed by atoms with Gasteiger partial charge in [-0.05, 0) is 29.8 Å². The number of rotatable bonds is 7. The van der Waals surface area contributed by atoms with E-state index in [0.717, 1.165) is 0 Å². The summed E-state index contributed by atoms with van der Waals surface area (Å²) in [5, 5.41) is 5.40. The molecule has 1 heterocycles. The summed E-state index contributed by atoms with van der Waals surface area (Å²) in [4.78, 5) is 21.2. The Labute approximate surface area is 181 Å². The van der Waals surface area contributed by atoms with Crippen LogP contribution in [-0.2, 0) is 0 Å². The van der Waals surface area contributed by atoms with Crippen LogP contribution in [0.1, 0.15) is 10.4 Å². The number of hydrogen-bond acceptors (Lipinski definition) is 5. The average Bonchev–Trinajstić information content (AvgIpc) is 2.63.